The minimum Gasteiger partial charge on any atom is -0.491 e. The standard InChI is InChI=1S/C19H22N2O3/c1-14(18-6-2-3-11-20-18)21-19(22)15-7-9-16(10-8-15)24-13-17-5-4-12-23-17/h2-3,6-11,14,17H,4-5,12-13H2,1H3,(H,21,22). The SMILES string of the molecule is CC(NC(=O)c1ccc(OCC2CCCO2)cc1)c1ccccn1. The number of amides is 1. The van der Waals surface area contributed by atoms with Crippen molar-refractivity contribution >= 4 is 5.91 Å². The van der Waals surface area contributed by atoms with Crippen LogP contribution in [0.25, 0.3) is 0 Å². The largest absolute Gasteiger partial charge is 0.491 e. The van der Waals surface area contributed by atoms with Gasteiger partial charge in [0.2, 0.25) is 0 Å². The van der Waals surface area contributed by atoms with Gasteiger partial charge in [-0.3, -0.25) is 9.78 Å². The van der Waals surface area contributed by atoms with Gasteiger partial charge < -0.3 is 14.8 Å². The first kappa shape index (κ1) is 16.5. The average molecular weight is 326 g/mol. The van der Waals surface area contributed by atoms with Crippen LogP contribution < -0.4 is 10.1 Å². The van der Waals surface area contributed by atoms with E-state index in [0.717, 1.165) is 30.9 Å². The molecule has 5 nitrogen and oxygen atoms in total. The van der Waals surface area contributed by atoms with Crippen LogP contribution in [0.3, 0.4) is 0 Å². The molecule has 1 aliphatic rings. The minimum atomic E-state index is -0.144. The molecule has 2 atom stereocenters. The summed E-state index contributed by atoms with van der Waals surface area (Å²) in [6.45, 7) is 3.29. The van der Waals surface area contributed by atoms with Crippen LogP contribution in [0.1, 0.15) is 41.9 Å². The second kappa shape index (κ2) is 7.93. The van der Waals surface area contributed by atoms with Crippen molar-refractivity contribution in [1.82, 2.24) is 10.3 Å². The molecule has 1 amide bonds. The van der Waals surface area contributed by atoms with E-state index in [0.29, 0.717) is 12.2 Å². The van der Waals surface area contributed by atoms with Gasteiger partial charge in [0.1, 0.15) is 12.4 Å². The van der Waals surface area contributed by atoms with Gasteiger partial charge in [-0.05, 0) is 56.2 Å². The molecule has 0 spiro atoms. The molecule has 0 saturated carbocycles. The fourth-order valence-electron chi connectivity index (χ4n) is 2.65. The monoisotopic (exact) mass is 326 g/mol. The maximum atomic E-state index is 12.3. The molecule has 5 heteroatoms. The van der Waals surface area contributed by atoms with Crippen molar-refractivity contribution in [3.05, 3.63) is 59.9 Å². The second-order valence-electron chi connectivity index (χ2n) is 5.92. The van der Waals surface area contributed by atoms with Gasteiger partial charge in [0, 0.05) is 18.4 Å². The van der Waals surface area contributed by atoms with Gasteiger partial charge in [0.05, 0.1) is 17.8 Å². The fraction of sp³-hybridized carbons (Fsp3) is 0.368. The molecule has 1 N–H and O–H groups in total. The summed E-state index contributed by atoms with van der Waals surface area (Å²) in [6.07, 6.45) is 4.05. The molecular formula is C19H22N2O3. The number of ether oxygens (including phenoxy) is 2. The Balaban J connectivity index is 1.53. The molecular weight excluding hydrogens is 304 g/mol. The van der Waals surface area contributed by atoms with Crippen LogP contribution in [0.5, 0.6) is 5.75 Å². The van der Waals surface area contributed by atoms with E-state index in [2.05, 4.69) is 10.3 Å². The molecule has 2 aromatic rings. The van der Waals surface area contributed by atoms with Gasteiger partial charge in [-0.1, -0.05) is 6.07 Å². The summed E-state index contributed by atoms with van der Waals surface area (Å²) in [6, 6.07) is 12.7. The van der Waals surface area contributed by atoms with Crippen molar-refractivity contribution in [1.29, 1.82) is 0 Å². The zero-order valence-electron chi connectivity index (χ0n) is 13.8. The number of carbonyl (C=O) groups is 1. The normalized spacial score (nSPS) is 18.1. The summed E-state index contributed by atoms with van der Waals surface area (Å²) in [7, 11) is 0. The zero-order valence-corrected chi connectivity index (χ0v) is 13.8. The number of carbonyl (C=O) groups excluding carboxylic acids is 1. The lowest BCUT2D eigenvalue weighted by Crippen LogP contribution is -2.27. The van der Waals surface area contributed by atoms with E-state index >= 15 is 0 Å². The Morgan fingerprint density at radius 3 is 2.83 bits per heavy atom. The predicted molar refractivity (Wildman–Crippen MR) is 91.0 cm³/mol. The van der Waals surface area contributed by atoms with E-state index in [9.17, 15) is 4.79 Å². The van der Waals surface area contributed by atoms with Crippen LogP contribution >= 0.6 is 0 Å². The molecule has 24 heavy (non-hydrogen) atoms. The van der Waals surface area contributed by atoms with Gasteiger partial charge in [-0.2, -0.15) is 0 Å². The van der Waals surface area contributed by atoms with Gasteiger partial charge in [0.25, 0.3) is 5.91 Å². The highest BCUT2D eigenvalue weighted by molar-refractivity contribution is 5.94. The Morgan fingerprint density at radius 2 is 2.17 bits per heavy atom. The van der Waals surface area contributed by atoms with Gasteiger partial charge in [-0.15, -0.1) is 0 Å². The summed E-state index contributed by atoms with van der Waals surface area (Å²) < 4.78 is 11.2. The first-order chi connectivity index (χ1) is 11.7. The number of pyridine rings is 1. The highest BCUT2D eigenvalue weighted by Crippen LogP contribution is 2.17. The Labute approximate surface area is 142 Å². The van der Waals surface area contributed by atoms with E-state index in [1.165, 1.54) is 0 Å². The summed E-state index contributed by atoms with van der Waals surface area (Å²) >= 11 is 0. The fourth-order valence-corrected chi connectivity index (χ4v) is 2.65. The first-order valence-corrected chi connectivity index (χ1v) is 8.28. The van der Waals surface area contributed by atoms with Gasteiger partial charge in [-0.25, -0.2) is 0 Å². The second-order valence-corrected chi connectivity index (χ2v) is 5.92. The number of benzene rings is 1. The summed E-state index contributed by atoms with van der Waals surface area (Å²) in [5.74, 6) is 0.624. The number of rotatable bonds is 6. The average Bonchev–Trinajstić information content (AvgIpc) is 3.14. The van der Waals surface area contributed by atoms with Crippen molar-refractivity contribution in [2.75, 3.05) is 13.2 Å². The van der Waals surface area contributed by atoms with E-state index < -0.39 is 0 Å². The maximum absolute atomic E-state index is 12.3. The Hall–Kier alpha value is -2.40. The van der Waals surface area contributed by atoms with Crippen molar-refractivity contribution in [2.45, 2.75) is 31.9 Å². The topological polar surface area (TPSA) is 60.5 Å². The number of nitrogens with one attached hydrogen (secondary N) is 1. The molecule has 0 radical (unpaired) electrons. The van der Waals surface area contributed by atoms with Crippen molar-refractivity contribution in [3.63, 3.8) is 0 Å². The van der Waals surface area contributed by atoms with E-state index in [1.807, 2.05) is 37.3 Å². The molecule has 1 aromatic carbocycles. The first-order valence-electron chi connectivity index (χ1n) is 8.28. The van der Waals surface area contributed by atoms with Crippen molar-refractivity contribution in [2.24, 2.45) is 0 Å². The van der Waals surface area contributed by atoms with Gasteiger partial charge in [0.15, 0.2) is 0 Å². The highest BCUT2D eigenvalue weighted by Gasteiger charge is 2.16. The molecule has 1 aliphatic heterocycles. The Kier molecular flexibility index (Phi) is 5.43. The van der Waals surface area contributed by atoms with E-state index in [1.54, 1.807) is 18.3 Å². The van der Waals surface area contributed by atoms with Crippen LogP contribution in [0.15, 0.2) is 48.7 Å². The van der Waals surface area contributed by atoms with Gasteiger partial charge >= 0.3 is 0 Å². The number of hydrogen-bond acceptors (Lipinski definition) is 4. The quantitative estimate of drug-likeness (QED) is 0.886. The molecule has 2 heterocycles. The molecule has 3 rings (SSSR count). The zero-order chi connectivity index (χ0) is 16.8. The summed E-state index contributed by atoms with van der Waals surface area (Å²) in [5, 5.41) is 2.95. The smallest absolute Gasteiger partial charge is 0.251 e. The van der Waals surface area contributed by atoms with Crippen LogP contribution in [0.2, 0.25) is 0 Å². The Bertz CT molecular complexity index is 652. The minimum absolute atomic E-state index is 0.126. The third kappa shape index (κ3) is 4.32. The molecule has 0 aliphatic carbocycles. The molecule has 2 unspecified atom stereocenters. The van der Waals surface area contributed by atoms with Crippen molar-refractivity contribution in [3.8, 4) is 5.75 Å². The lowest BCUT2D eigenvalue weighted by molar-refractivity contribution is 0.0679. The molecule has 1 saturated heterocycles. The van der Waals surface area contributed by atoms with E-state index in [4.69, 9.17) is 9.47 Å². The number of hydrogen-bond donors (Lipinski definition) is 1. The highest BCUT2D eigenvalue weighted by atomic mass is 16.5. The predicted octanol–water partition coefficient (Wildman–Crippen LogP) is 3.13. The lowest BCUT2D eigenvalue weighted by atomic mass is 10.1. The molecule has 1 fully saturated rings. The van der Waals surface area contributed by atoms with Crippen LogP contribution in [0, 0.1) is 0 Å². The van der Waals surface area contributed by atoms with Crippen LogP contribution in [-0.4, -0.2) is 30.2 Å². The third-order valence-electron chi connectivity index (χ3n) is 4.06. The Morgan fingerprint density at radius 1 is 1.33 bits per heavy atom. The summed E-state index contributed by atoms with van der Waals surface area (Å²) in [4.78, 5) is 16.6. The maximum Gasteiger partial charge on any atom is 0.251 e. The summed E-state index contributed by atoms with van der Waals surface area (Å²) in [5.41, 5.74) is 1.43. The molecule has 126 valence electrons. The van der Waals surface area contributed by atoms with Crippen LogP contribution in [-0.2, 0) is 4.74 Å². The van der Waals surface area contributed by atoms with Crippen molar-refractivity contribution < 1.29 is 14.3 Å². The lowest BCUT2D eigenvalue weighted by Gasteiger charge is -2.14. The number of nitrogens with zero attached hydrogens (tertiary/aromatic N) is 1. The van der Waals surface area contributed by atoms with Crippen LogP contribution in [0.4, 0.5) is 0 Å². The number of aromatic nitrogens is 1. The molecule has 1 aromatic heterocycles. The third-order valence-corrected chi connectivity index (χ3v) is 4.06. The molecule has 0 bridgehead atoms. The van der Waals surface area contributed by atoms with E-state index in [-0.39, 0.29) is 18.1 Å².